The van der Waals surface area contributed by atoms with Crippen molar-refractivity contribution in [3.8, 4) is 6.07 Å². The highest BCUT2D eigenvalue weighted by Gasteiger charge is 2.14. The van der Waals surface area contributed by atoms with E-state index in [4.69, 9.17) is 5.73 Å². The quantitative estimate of drug-likeness (QED) is 0.541. The summed E-state index contributed by atoms with van der Waals surface area (Å²) in [5.74, 6) is 0.538. The molecule has 0 unspecified atom stereocenters. The summed E-state index contributed by atoms with van der Waals surface area (Å²) in [4.78, 5) is 8.74. The minimum atomic E-state index is -0.322. The standard InChI is InChI=1S/C20H17FN4S/c1-13-5-2-3-7-15(13)12-26-20-24-18(17(11-22)19(23)25-20)10-14-6-4-8-16(21)9-14/h2-9H,10,12H2,1H3,(H2,23,24,25). The van der Waals surface area contributed by atoms with Gasteiger partial charge in [-0.2, -0.15) is 5.26 Å². The number of hydrogen-bond donors (Lipinski definition) is 1. The van der Waals surface area contributed by atoms with Gasteiger partial charge in [-0.3, -0.25) is 0 Å². The molecule has 2 N–H and O–H groups in total. The van der Waals surface area contributed by atoms with Gasteiger partial charge in [0.15, 0.2) is 5.16 Å². The van der Waals surface area contributed by atoms with Gasteiger partial charge >= 0.3 is 0 Å². The maximum absolute atomic E-state index is 13.4. The largest absolute Gasteiger partial charge is 0.382 e. The summed E-state index contributed by atoms with van der Waals surface area (Å²) in [6, 6.07) is 16.4. The summed E-state index contributed by atoms with van der Waals surface area (Å²) in [7, 11) is 0. The summed E-state index contributed by atoms with van der Waals surface area (Å²) in [5, 5.41) is 9.89. The number of anilines is 1. The summed E-state index contributed by atoms with van der Waals surface area (Å²) in [6.07, 6.45) is 0.325. The van der Waals surface area contributed by atoms with Crippen molar-refractivity contribution < 1.29 is 4.39 Å². The number of aryl methyl sites for hydroxylation is 1. The Balaban J connectivity index is 1.87. The zero-order valence-electron chi connectivity index (χ0n) is 14.2. The SMILES string of the molecule is Cc1ccccc1CSc1nc(N)c(C#N)c(Cc2cccc(F)c2)n1. The third kappa shape index (κ3) is 4.19. The van der Waals surface area contributed by atoms with Gasteiger partial charge in [0, 0.05) is 12.2 Å². The number of hydrogen-bond acceptors (Lipinski definition) is 5. The van der Waals surface area contributed by atoms with E-state index in [1.165, 1.54) is 35.0 Å². The van der Waals surface area contributed by atoms with Gasteiger partial charge in [-0.1, -0.05) is 48.2 Å². The first-order chi connectivity index (χ1) is 12.6. The number of nitrogen functional groups attached to an aromatic ring is 1. The highest BCUT2D eigenvalue weighted by atomic mass is 32.2. The fourth-order valence-electron chi connectivity index (χ4n) is 2.57. The number of halogens is 1. The molecule has 0 radical (unpaired) electrons. The Labute approximate surface area is 155 Å². The Bertz CT molecular complexity index is 982. The lowest BCUT2D eigenvalue weighted by Gasteiger charge is -2.09. The van der Waals surface area contributed by atoms with Crippen LogP contribution in [0.4, 0.5) is 10.2 Å². The van der Waals surface area contributed by atoms with Crippen LogP contribution in [0.25, 0.3) is 0 Å². The van der Waals surface area contributed by atoms with Crippen LogP contribution in [0, 0.1) is 24.1 Å². The average molecular weight is 364 g/mol. The zero-order valence-corrected chi connectivity index (χ0v) is 15.1. The normalized spacial score (nSPS) is 10.5. The van der Waals surface area contributed by atoms with E-state index in [9.17, 15) is 9.65 Å². The highest BCUT2D eigenvalue weighted by Crippen LogP contribution is 2.25. The fourth-order valence-corrected chi connectivity index (χ4v) is 3.52. The van der Waals surface area contributed by atoms with E-state index in [1.807, 2.05) is 12.1 Å². The maximum Gasteiger partial charge on any atom is 0.190 e. The lowest BCUT2D eigenvalue weighted by molar-refractivity contribution is 0.626. The number of nitriles is 1. The summed E-state index contributed by atoms with van der Waals surface area (Å²) in [5.41, 5.74) is 9.83. The first kappa shape index (κ1) is 17.9. The van der Waals surface area contributed by atoms with E-state index in [0.29, 0.717) is 23.0 Å². The molecule has 0 atom stereocenters. The van der Waals surface area contributed by atoms with Crippen LogP contribution in [0.2, 0.25) is 0 Å². The number of aromatic nitrogens is 2. The molecule has 6 heteroatoms. The van der Waals surface area contributed by atoms with Crippen LogP contribution >= 0.6 is 11.8 Å². The molecule has 1 aromatic heterocycles. The van der Waals surface area contributed by atoms with E-state index in [0.717, 1.165) is 5.56 Å². The van der Waals surface area contributed by atoms with Gasteiger partial charge in [-0.15, -0.1) is 0 Å². The van der Waals surface area contributed by atoms with E-state index < -0.39 is 0 Å². The van der Waals surface area contributed by atoms with Crippen molar-refractivity contribution in [3.05, 3.63) is 82.3 Å². The van der Waals surface area contributed by atoms with Crippen molar-refractivity contribution in [2.45, 2.75) is 24.3 Å². The van der Waals surface area contributed by atoms with E-state index >= 15 is 0 Å². The van der Waals surface area contributed by atoms with Gasteiger partial charge in [-0.25, -0.2) is 14.4 Å². The molecule has 0 fully saturated rings. The minimum absolute atomic E-state index is 0.154. The molecule has 0 saturated heterocycles. The third-order valence-electron chi connectivity index (χ3n) is 3.98. The molecule has 0 aliphatic rings. The topological polar surface area (TPSA) is 75.6 Å². The molecule has 0 aliphatic carbocycles. The molecule has 130 valence electrons. The number of rotatable bonds is 5. The van der Waals surface area contributed by atoms with Crippen LogP contribution in [-0.4, -0.2) is 9.97 Å². The van der Waals surface area contributed by atoms with Crippen LogP contribution in [-0.2, 0) is 12.2 Å². The molecule has 3 rings (SSSR count). The van der Waals surface area contributed by atoms with Crippen LogP contribution in [0.15, 0.2) is 53.7 Å². The maximum atomic E-state index is 13.4. The molecule has 0 spiro atoms. The molecule has 0 aliphatic heterocycles. The van der Waals surface area contributed by atoms with Crippen molar-refractivity contribution in [2.24, 2.45) is 0 Å². The van der Waals surface area contributed by atoms with Gasteiger partial charge in [0.25, 0.3) is 0 Å². The number of benzene rings is 2. The van der Waals surface area contributed by atoms with Crippen LogP contribution < -0.4 is 5.73 Å². The molecule has 3 aromatic rings. The van der Waals surface area contributed by atoms with Gasteiger partial charge < -0.3 is 5.73 Å². The smallest absolute Gasteiger partial charge is 0.190 e. The number of thioether (sulfide) groups is 1. The van der Waals surface area contributed by atoms with E-state index in [2.05, 4.69) is 35.1 Å². The van der Waals surface area contributed by atoms with Crippen LogP contribution in [0.3, 0.4) is 0 Å². The first-order valence-corrected chi connectivity index (χ1v) is 9.03. The number of nitrogens with two attached hydrogens (primary N) is 1. The van der Waals surface area contributed by atoms with E-state index in [1.54, 1.807) is 12.1 Å². The second-order valence-electron chi connectivity index (χ2n) is 5.85. The van der Waals surface area contributed by atoms with Gasteiger partial charge in [-0.05, 0) is 35.7 Å². The Morgan fingerprint density at radius 1 is 1.15 bits per heavy atom. The predicted molar refractivity (Wildman–Crippen MR) is 101 cm³/mol. The molecular formula is C20H17FN4S. The van der Waals surface area contributed by atoms with Crippen molar-refractivity contribution >= 4 is 17.6 Å². The van der Waals surface area contributed by atoms with Gasteiger partial charge in [0.05, 0.1) is 5.69 Å². The zero-order chi connectivity index (χ0) is 18.5. The average Bonchev–Trinajstić information content (AvgIpc) is 2.61. The third-order valence-corrected chi connectivity index (χ3v) is 4.88. The second kappa shape index (κ2) is 7.98. The van der Waals surface area contributed by atoms with Crippen LogP contribution in [0.5, 0.6) is 0 Å². The molecule has 0 amide bonds. The Morgan fingerprint density at radius 3 is 2.69 bits per heavy atom. The lowest BCUT2D eigenvalue weighted by atomic mass is 10.1. The molecule has 0 saturated carbocycles. The van der Waals surface area contributed by atoms with Gasteiger partial charge in [0.2, 0.25) is 0 Å². The Kier molecular flexibility index (Phi) is 5.49. The minimum Gasteiger partial charge on any atom is -0.382 e. The monoisotopic (exact) mass is 364 g/mol. The summed E-state index contributed by atoms with van der Waals surface area (Å²) >= 11 is 1.46. The van der Waals surface area contributed by atoms with Crippen LogP contribution in [0.1, 0.15) is 27.9 Å². The van der Waals surface area contributed by atoms with Crippen molar-refractivity contribution in [3.63, 3.8) is 0 Å². The summed E-state index contributed by atoms with van der Waals surface area (Å²) in [6.45, 7) is 2.05. The second-order valence-corrected chi connectivity index (χ2v) is 6.79. The molecule has 2 aromatic carbocycles. The summed E-state index contributed by atoms with van der Waals surface area (Å²) < 4.78 is 13.4. The predicted octanol–water partition coefficient (Wildman–Crippen LogP) is 4.26. The first-order valence-electron chi connectivity index (χ1n) is 8.05. The molecule has 26 heavy (non-hydrogen) atoms. The van der Waals surface area contributed by atoms with E-state index in [-0.39, 0.29) is 17.2 Å². The van der Waals surface area contributed by atoms with Crippen molar-refractivity contribution in [2.75, 3.05) is 5.73 Å². The van der Waals surface area contributed by atoms with Crippen molar-refractivity contribution in [1.29, 1.82) is 5.26 Å². The van der Waals surface area contributed by atoms with Crippen molar-refractivity contribution in [1.82, 2.24) is 9.97 Å². The molecule has 1 heterocycles. The lowest BCUT2D eigenvalue weighted by Crippen LogP contribution is -2.06. The molecule has 0 bridgehead atoms. The van der Waals surface area contributed by atoms with Gasteiger partial charge in [0.1, 0.15) is 23.3 Å². The highest BCUT2D eigenvalue weighted by molar-refractivity contribution is 7.98. The Hall–Kier alpha value is -2.91. The Morgan fingerprint density at radius 2 is 1.96 bits per heavy atom. The number of nitrogens with zero attached hydrogens (tertiary/aromatic N) is 3. The fraction of sp³-hybridized carbons (Fsp3) is 0.150. The molecule has 4 nitrogen and oxygen atoms in total. The molecular weight excluding hydrogens is 347 g/mol.